The van der Waals surface area contributed by atoms with Crippen LogP contribution in [0.1, 0.15) is 63.3 Å². The van der Waals surface area contributed by atoms with Crippen LogP contribution in [-0.4, -0.2) is 57.6 Å². The number of ether oxygens (including phenoxy) is 2. The molecule has 0 spiro atoms. The molecule has 3 aromatic rings. The highest BCUT2D eigenvalue weighted by Crippen LogP contribution is 2.37. The summed E-state index contributed by atoms with van der Waals surface area (Å²) >= 11 is 5.90. The normalized spacial score (nSPS) is 20.1. The van der Waals surface area contributed by atoms with Crippen LogP contribution in [0.5, 0.6) is 5.88 Å². The Morgan fingerprint density at radius 1 is 1.14 bits per heavy atom. The smallest absolute Gasteiger partial charge is 0.213 e. The molecule has 0 radical (unpaired) electrons. The molecular formula is C24H31ClN6O4S. The minimum atomic E-state index is -3.75. The summed E-state index contributed by atoms with van der Waals surface area (Å²) in [5.74, 6) is 1.66. The summed E-state index contributed by atoms with van der Waals surface area (Å²) in [6, 6.07) is 5.48. The zero-order valence-corrected chi connectivity index (χ0v) is 22.4. The van der Waals surface area contributed by atoms with E-state index in [1.807, 2.05) is 16.7 Å². The SMILES string of the molecule is COc1cccc(-c2nnc(CS(=O)(=O)[C@@H](C)[C@H](OC)c3ncc(Cl)cn3)n2[C@H]2CCCC[C@H]2C)n1. The van der Waals surface area contributed by atoms with Crippen LogP contribution in [0.2, 0.25) is 5.02 Å². The molecule has 0 amide bonds. The van der Waals surface area contributed by atoms with Crippen molar-refractivity contribution < 1.29 is 17.9 Å². The van der Waals surface area contributed by atoms with Crippen molar-refractivity contribution in [2.24, 2.45) is 5.92 Å². The highest BCUT2D eigenvalue weighted by atomic mass is 35.5. The van der Waals surface area contributed by atoms with Crippen LogP contribution in [0, 0.1) is 5.92 Å². The summed E-state index contributed by atoms with van der Waals surface area (Å²) in [4.78, 5) is 12.9. The van der Waals surface area contributed by atoms with Crippen LogP contribution in [0.25, 0.3) is 11.5 Å². The lowest BCUT2D eigenvalue weighted by Crippen LogP contribution is -2.31. The summed E-state index contributed by atoms with van der Waals surface area (Å²) in [6.45, 7) is 3.78. The van der Waals surface area contributed by atoms with Gasteiger partial charge in [0.25, 0.3) is 0 Å². The number of hydrogen-bond acceptors (Lipinski definition) is 9. The molecule has 194 valence electrons. The molecule has 0 aromatic carbocycles. The van der Waals surface area contributed by atoms with Crippen molar-refractivity contribution in [2.45, 2.75) is 62.7 Å². The largest absolute Gasteiger partial charge is 0.481 e. The Morgan fingerprint density at radius 3 is 2.53 bits per heavy atom. The molecular weight excluding hydrogens is 504 g/mol. The zero-order valence-electron chi connectivity index (χ0n) is 20.8. The van der Waals surface area contributed by atoms with Gasteiger partial charge in [0.15, 0.2) is 21.5 Å². The maximum Gasteiger partial charge on any atom is 0.213 e. The summed E-state index contributed by atoms with van der Waals surface area (Å²) in [7, 11) is -0.760. The summed E-state index contributed by atoms with van der Waals surface area (Å²) in [5.41, 5.74) is 0.584. The molecule has 1 aliphatic carbocycles. The van der Waals surface area contributed by atoms with E-state index in [0.717, 1.165) is 25.7 Å². The van der Waals surface area contributed by atoms with E-state index in [1.165, 1.54) is 19.5 Å². The standard InChI is InChI=1S/C24H31ClN6O4S/c1-15-8-5-6-10-19(15)31-20(29-30-24(31)18-9-7-11-21(28-18)34-3)14-36(32,33)16(2)22(35-4)23-26-12-17(25)13-27-23/h7,9,11-13,15-16,19,22H,5-6,8,10,14H2,1-4H3/t15-,16+,19+,22+/m1/s1. The molecule has 4 rings (SSSR count). The minimum absolute atomic E-state index is 0.0649. The third-order valence-electron chi connectivity index (χ3n) is 6.80. The van der Waals surface area contributed by atoms with Crippen LogP contribution < -0.4 is 4.74 Å². The molecule has 3 heterocycles. The van der Waals surface area contributed by atoms with E-state index < -0.39 is 21.2 Å². The molecule has 12 heteroatoms. The molecule has 0 aliphatic heterocycles. The molecule has 1 saturated carbocycles. The zero-order chi connectivity index (χ0) is 25.9. The van der Waals surface area contributed by atoms with Gasteiger partial charge in [-0.05, 0) is 31.7 Å². The van der Waals surface area contributed by atoms with Gasteiger partial charge in [0.2, 0.25) is 5.88 Å². The molecule has 0 N–H and O–H groups in total. The second-order valence-corrected chi connectivity index (χ2v) is 11.9. The van der Waals surface area contributed by atoms with E-state index in [-0.39, 0.29) is 17.6 Å². The summed E-state index contributed by atoms with van der Waals surface area (Å²) in [6.07, 6.45) is 6.15. The van der Waals surface area contributed by atoms with Crippen molar-refractivity contribution >= 4 is 21.4 Å². The Balaban J connectivity index is 1.72. The van der Waals surface area contributed by atoms with Gasteiger partial charge in [0, 0.05) is 31.6 Å². The van der Waals surface area contributed by atoms with E-state index in [1.54, 1.807) is 20.1 Å². The molecule has 36 heavy (non-hydrogen) atoms. The molecule has 0 unspecified atom stereocenters. The van der Waals surface area contributed by atoms with E-state index in [4.69, 9.17) is 21.1 Å². The van der Waals surface area contributed by atoms with Crippen LogP contribution >= 0.6 is 11.6 Å². The molecule has 1 aliphatic rings. The Labute approximate surface area is 216 Å². The lowest BCUT2D eigenvalue weighted by Gasteiger charge is -2.32. The number of hydrogen-bond donors (Lipinski definition) is 0. The monoisotopic (exact) mass is 534 g/mol. The number of nitrogens with zero attached hydrogens (tertiary/aromatic N) is 6. The second-order valence-electron chi connectivity index (χ2n) is 9.13. The number of methoxy groups -OCH3 is 2. The maximum absolute atomic E-state index is 13.6. The van der Waals surface area contributed by atoms with Gasteiger partial charge in [-0.3, -0.25) is 0 Å². The Hall–Kier alpha value is -2.63. The molecule has 10 nitrogen and oxygen atoms in total. The number of pyridine rings is 1. The van der Waals surface area contributed by atoms with Crippen molar-refractivity contribution in [3.63, 3.8) is 0 Å². The quantitative estimate of drug-likeness (QED) is 0.396. The topological polar surface area (TPSA) is 122 Å². The molecule has 0 bridgehead atoms. The molecule has 3 aromatic heterocycles. The van der Waals surface area contributed by atoms with Gasteiger partial charge >= 0.3 is 0 Å². The average Bonchev–Trinajstić information content (AvgIpc) is 3.28. The number of aromatic nitrogens is 6. The number of halogens is 1. The fourth-order valence-electron chi connectivity index (χ4n) is 4.75. The predicted octanol–water partition coefficient (Wildman–Crippen LogP) is 4.23. The van der Waals surface area contributed by atoms with Gasteiger partial charge < -0.3 is 14.0 Å². The van der Waals surface area contributed by atoms with Gasteiger partial charge in [-0.25, -0.2) is 23.4 Å². The third kappa shape index (κ3) is 5.52. The van der Waals surface area contributed by atoms with E-state index in [2.05, 4.69) is 32.1 Å². The van der Waals surface area contributed by atoms with E-state index in [0.29, 0.717) is 34.2 Å². The second kappa shape index (κ2) is 11.2. The van der Waals surface area contributed by atoms with Crippen LogP contribution in [-0.2, 0) is 20.3 Å². The molecule has 4 atom stereocenters. The van der Waals surface area contributed by atoms with Crippen molar-refractivity contribution in [1.82, 2.24) is 29.7 Å². The van der Waals surface area contributed by atoms with Crippen LogP contribution in [0.15, 0.2) is 30.6 Å². The maximum atomic E-state index is 13.6. The van der Waals surface area contributed by atoms with Gasteiger partial charge in [0.05, 0.1) is 17.4 Å². The fourth-order valence-corrected chi connectivity index (χ4v) is 6.28. The molecule has 0 saturated heterocycles. The number of rotatable bonds is 9. The van der Waals surface area contributed by atoms with Gasteiger partial charge in [-0.1, -0.05) is 37.4 Å². The predicted molar refractivity (Wildman–Crippen MR) is 135 cm³/mol. The van der Waals surface area contributed by atoms with Gasteiger partial charge in [-0.2, -0.15) is 0 Å². The highest BCUT2D eigenvalue weighted by molar-refractivity contribution is 7.91. The first-order valence-corrected chi connectivity index (χ1v) is 14.0. The fraction of sp³-hybridized carbons (Fsp3) is 0.542. The Bertz CT molecular complexity index is 1280. The van der Waals surface area contributed by atoms with Crippen molar-refractivity contribution in [2.75, 3.05) is 14.2 Å². The molecule has 1 fully saturated rings. The highest BCUT2D eigenvalue weighted by Gasteiger charge is 2.36. The van der Waals surface area contributed by atoms with Crippen LogP contribution in [0.3, 0.4) is 0 Å². The van der Waals surface area contributed by atoms with Gasteiger partial charge in [-0.15, -0.1) is 10.2 Å². The van der Waals surface area contributed by atoms with Crippen molar-refractivity contribution in [3.05, 3.63) is 47.3 Å². The van der Waals surface area contributed by atoms with E-state index in [9.17, 15) is 8.42 Å². The minimum Gasteiger partial charge on any atom is -0.481 e. The summed E-state index contributed by atoms with van der Waals surface area (Å²) < 4.78 is 40.0. The van der Waals surface area contributed by atoms with Crippen molar-refractivity contribution in [3.8, 4) is 17.4 Å². The Kier molecular flexibility index (Phi) is 8.21. The first-order chi connectivity index (χ1) is 17.2. The van der Waals surface area contributed by atoms with Crippen molar-refractivity contribution in [1.29, 1.82) is 0 Å². The summed E-state index contributed by atoms with van der Waals surface area (Å²) in [5, 5.41) is 8.19. The lowest BCUT2D eigenvalue weighted by molar-refractivity contribution is 0.0948. The third-order valence-corrected chi connectivity index (χ3v) is 9.03. The van der Waals surface area contributed by atoms with Gasteiger partial charge in [0.1, 0.15) is 23.4 Å². The Morgan fingerprint density at radius 2 is 1.86 bits per heavy atom. The van der Waals surface area contributed by atoms with E-state index >= 15 is 0 Å². The van der Waals surface area contributed by atoms with Crippen LogP contribution in [0.4, 0.5) is 0 Å². The lowest BCUT2D eigenvalue weighted by atomic mass is 9.85. The average molecular weight is 535 g/mol. The first-order valence-electron chi connectivity index (χ1n) is 11.9. The first kappa shape index (κ1) is 26.4. The number of sulfone groups is 1.